The van der Waals surface area contributed by atoms with Gasteiger partial charge < -0.3 is 39.4 Å². The Morgan fingerprint density at radius 3 is 1.50 bits per heavy atom. The summed E-state index contributed by atoms with van der Waals surface area (Å²) in [5.41, 5.74) is 0. The van der Waals surface area contributed by atoms with E-state index in [1.807, 2.05) is 0 Å². The number of allylic oxidation sites excluding steroid dienone is 10. The molecule has 1 heterocycles. The van der Waals surface area contributed by atoms with Crippen molar-refractivity contribution in [3.05, 3.63) is 60.8 Å². The third-order valence-corrected chi connectivity index (χ3v) is 10.6. The van der Waals surface area contributed by atoms with Gasteiger partial charge in [0.2, 0.25) is 0 Å². The number of rotatable bonds is 39. The molecule has 1 rings (SSSR count). The standard InChI is InChI=1S/C50H86O10/c1-3-5-7-9-11-13-15-17-19-20-21-22-23-24-25-27-29-31-33-35-37-39-46(53)59-43(42-58-50-49(56)48(55)47(54)44(40-51)60-50)41-57-45(52)38-36-34-32-30-28-26-18-16-14-12-10-8-6-4-2/h5,7,11,13,16-19,21-22,43-44,47-51,54-56H,3-4,6,8-10,12,14-15,20,23-42H2,1-2H3/b7-5-,13-11-,18-16-,19-17-,22-21-. The predicted octanol–water partition coefficient (Wildman–Crippen LogP) is 10.6. The first-order valence-electron chi connectivity index (χ1n) is 23.9. The zero-order valence-electron chi connectivity index (χ0n) is 37.7. The highest BCUT2D eigenvalue weighted by molar-refractivity contribution is 5.70. The highest BCUT2D eigenvalue weighted by Gasteiger charge is 2.44. The zero-order chi connectivity index (χ0) is 43.7. The second kappa shape index (κ2) is 40.5. The van der Waals surface area contributed by atoms with E-state index in [4.69, 9.17) is 18.9 Å². The van der Waals surface area contributed by atoms with Gasteiger partial charge in [-0.25, -0.2) is 0 Å². The molecule has 0 saturated carbocycles. The van der Waals surface area contributed by atoms with Crippen molar-refractivity contribution in [3.8, 4) is 0 Å². The lowest BCUT2D eigenvalue weighted by molar-refractivity contribution is -0.305. The van der Waals surface area contributed by atoms with Gasteiger partial charge in [-0.2, -0.15) is 0 Å². The molecule has 0 spiro atoms. The van der Waals surface area contributed by atoms with Gasteiger partial charge in [-0.1, -0.05) is 158 Å². The van der Waals surface area contributed by atoms with Crippen molar-refractivity contribution in [2.24, 2.45) is 0 Å². The topological polar surface area (TPSA) is 152 Å². The van der Waals surface area contributed by atoms with Crippen LogP contribution in [0.3, 0.4) is 0 Å². The van der Waals surface area contributed by atoms with E-state index < -0.39 is 49.4 Å². The monoisotopic (exact) mass is 847 g/mol. The van der Waals surface area contributed by atoms with Crippen molar-refractivity contribution in [1.29, 1.82) is 0 Å². The minimum atomic E-state index is -1.60. The van der Waals surface area contributed by atoms with Crippen LogP contribution in [0.2, 0.25) is 0 Å². The van der Waals surface area contributed by atoms with Crippen LogP contribution < -0.4 is 0 Å². The van der Waals surface area contributed by atoms with Crippen LogP contribution in [0.15, 0.2) is 60.8 Å². The summed E-state index contributed by atoms with van der Waals surface area (Å²) in [6.45, 7) is 3.28. The van der Waals surface area contributed by atoms with Gasteiger partial charge in [0.15, 0.2) is 12.4 Å². The minimum Gasteiger partial charge on any atom is -0.462 e. The van der Waals surface area contributed by atoms with E-state index in [0.717, 1.165) is 83.5 Å². The highest BCUT2D eigenvalue weighted by atomic mass is 16.7. The highest BCUT2D eigenvalue weighted by Crippen LogP contribution is 2.22. The molecule has 346 valence electrons. The van der Waals surface area contributed by atoms with Gasteiger partial charge >= 0.3 is 11.9 Å². The molecule has 1 aliphatic heterocycles. The lowest BCUT2D eigenvalue weighted by atomic mass is 9.99. The second-order valence-corrected chi connectivity index (χ2v) is 16.2. The summed E-state index contributed by atoms with van der Waals surface area (Å²) in [6, 6.07) is 0. The Morgan fingerprint density at radius 1 is 0.533 bits per heavy atom. The van der Waals surface area contributed by atoms with Crippen molar-refractivity contribution in [1.82, 2.24) is 0 Å². The molecule has 0 aromatic rings. The molecule has 1 aliphatic rings. The fraction of sp³-hybridized carbons (Fsp3) is 0.760. The van der Waals surface area contributed by atoms with Crippen LogP contribution in [0.5, 0.6) is 0 Å². The van der Waals surface area contributed by atoms with Crippen LogP contribution in [-0.4, -0.2) is 89.0 Å². The van der Waals surface area contributed by atoms with E-state index in [1.54, 1.807) is 0 Å². The van der Waals surface area contributed by atoms with E-state index in [9.17, 15) is 30.0 Å². The molecule has 0 aliphatic carbocycles. The predicted molar refractivity (Wildman–Crippen MR) is 242 cm³/mol. The fourth-order valence-electron chi connectivity index (χ4n) is 6.88. The Kier molecular flexibility index (Phi) is 37.4. The van der Waals surface area contributed by atoms with Gasteiger partial charge in [-0.15, -0.1) is 0 Å². The molecule has 1 fully saturated rings. The summed E-state index contributed by atoms with van der Waals surface area (Å²) < 4.78 is 22.2. The summed E-state index contributed by atoms with van der Waals surface area (Å²) >= 11 is 0. The molecular formula is C50H86O10. The maximum absolute atomic E-state index is 12.8. The lowest BCUT2D eigenvalue weighted by Crippen LogP contribution is -2.59. The molecule has 0 bridgehead atoms. The van der Waals surface area contributed by atoms with Crippen molar-refractivity contribution in [2.45, 2.75) is 224 Å². The molecular weight excluding hydrogens is 761 g/mol. The average Bonchev–Trinajstić information content (AvgIpc) is 3.25. The number of hydrogen-bond donors (Lipinski definition) is 4. The SMILES string of the molecule is CC/C=C\C/C=C\C/C=C\C/C=C\CCCCCCCCCCC(=O)OC(COC(=O)CCCCCCC/C=C\CCCCCCC)COC1OC(CO)C(O)C(O)C1O. The Labute approximate surface area is 364 Å². The number of hydrogen-bond acceptors (Lipinski definition) is 10. The summed E-state index contributed by atoms with van der Waals surface area (Å²) in [5, 5.41) is 40.1. The van der Waals surface area contributed by atoms with E-state index in [-0.39, 0.29) is 32.0 Å². The average molecular weight is 847 g/mol. The summed E-state index contributed by atoms with van der Waals surface area (Å²) in [7, 11) is 0. The number of aliphatic hydroxyl groups is 4. The van der Waals surface area contributed by atoms with Crippen LogP contribution in [0.4, 0.5) is 0 Å². The summed E-state index contributed by atoms with van der Waals surface area (Å²) in [6.07, 6.45) is 42.2. The number of unbranched alkanes of at least 4 members (excludes halogenated alkanes) is 18. The molecule has 4 N–H and O–H groups in total. The van der Waals surface area contributed by atoms with E-state index >= 15 is 0 Å². The second-order valence-electron chi connectivity index (χ2n) is 16.2. The van der Waals surface area contributed by atoms with Crippen molar-refractivity contribution < 1.29 is 49.0 Å². The van der Waals surface area contributed by atoms with E-state index in [2.05, 4.69) is 74.6 Å². The lowest BCUT2D eigenvalue weighted by Gasteiger charge is -2.39. The summed E-state index contributed by atoms with van der Waals surface area (Å²) in [4.78, 5) is 25.4. The normalized spacial score (nSPS) is 20.4. The molecule has 60 heavy (non-hydrogen) atoms. The van der Waals surface area contributed by atoms with Gasteiger partial charge in [-0.05, 0) is 77.0 Å². The van der Waals surface area contributed by atoms with E-state index in [0.29, 0.717) is 12.8 Å². The number of carbonyl (C=O) groups is 2. The molecule has 6 atom stereocenters. The zero-order valence-corrected chi connectivity index (χ0v) is 37.7. The maximum atomic E-state index is 12.8. The van der Waals surface area contributed by atoms with Crippen LogP contribution >= 0.6 is 0 Å². The first-order valence-corrected chi connectivity index (χ1v) is 23.9. The Morgan fingerprint density at radius 2 is 0.983 bits per heavy atom. The molecule has 1 saturated heterocycles. The van der Waals surface area contributed by atoms with Crippen LogP contribution in [0, 0.1) is 0 Å². The molecule has 10 heteroatoms. The minimum absolute atomic E-state index is 0.216. The molecule has 0 aromatic heterocycles. The van der Waals surface area contributed by atoms with E-state index in [1.165, 1.54) is 64.2 Å². The van der Waals surface area contributed by atoms with Gasteiger partial charge in [0.25, 0.3) is 0 Å². The number of carbonyl (C=O) groups excluding carboxylic acids is 2. The smallest absolute Gasteiger partial charge is 0.306 e. The number of esters is 2. The largest absolute Gasteiger partial charge is 0.462 e. The third kappa shape index (κ3) is 31.3. The molecule has 6 unspecified atom stereocenters. The number of ether oxygens (including phenoxy) is 4. The van der Waals surface area contributed by atoms with Gasteiger partial charge in [0.05, 0.1) is 13.2 Å². The fourth-order valence-corrected chi connectivity index (χ4v) is 6.88. The molecule has 10 nitrogen and oxygen atoms in total. The first-order chi connectivity index (χ1) is 29.3. The third-order valence-electron chi connectivity index (χ3n) is 10.6. The molecule has 0 aromatic carbocycles. The van der Waals surface area contributed by atoms with Crippen LogP contribution in [0.1, 0.15) is 187 Å². The van der Waals surface area contributed by atoms with Crippen molar-refractivity contribution >= 4 is 11.9 Å². The first kappa shape index (κ1) is 55.4. The quantitative estimate of drug-likeness (QED) is 0.0267. The van der Waals surface area contributed by atoms with Crippen LogP contribution in [0.25, 0.3) is 0 Å². The van der Waals surface area contributed by atoms with Crippen molar-refractivity contribution in [3.63, 3.8) is 0 Å². The van der Waals surface area contributed by atoms with Crippen molar-refractivity contribution in [2.75, 3.05) is 19.8 Å². The maximum Gasteiger partial charge on any atom is 0.306 e. The van der Waals surface area contributed by atoms with Gasteiger partial charge in [-0.3, -0.25) is 9.59 Å². The Balaban J connectivity index is 2.30. The molecule has 0 amide bonds. The summed E-state index contributed by atoms with van der Waals surface area (Å²) in [5.74, 6) is -0.827. The Hall–Kier alpha value is -2.60. The van der Waals surface area contributed by atoms with Gasteiger partial charge in [0.1, 0.15) is 31.0 Å². The van der Waals surface area contributed by atoms with Crippen LogP contribution in [-0.2, 0) is 28.5 Å². The Bertz CT molecular complexity index is 1160. The van der Waals surface area contributed by atoms with Gasteiger partial charge in [0, 0.05) is 12.8 Å². The molecule has 0 radical (unpaired) electrons. The number of aliphatic hydroxyl groups excluding tert-OH is 4.